The van der Waals surface area contributed by atoms with Crippen molar-refractivity contribution in [2.45, 2.75) is 71.4 Å². The standard InChI is InChI=1S/C34H35F6N5/c1-3-22-15-41-32(42-16-22)45(19-25-11-28(33(35,36)37)14-29(12-25)34(38,39)40)20-27-13-26-6-4-5-21(2)30(26)43-31(27)44(17-23-7-8-23)18-24-9-10-24/h4-6,11-16,23-24H,3,7-10,17-20H2,1-2H3. The Morgan fingerprint density at radius 1 is 0.756 bits per heavy atom. The predicted molar refractivity (Wildman–Crippen MR) is 162 cm³/mol. The topological polar surface area (TPSA) is 45.2 Å². The van der Waals surface area contributed by atoms with Crippen LogP contribution in [0.25, 0.3) is 10.9 Å². The molecule has 5 nitrogen and oxygen atoms in total. The van der Waals surface area contributed by atoms with E-state index < -0.39 is 23.5 Å². The van der Waals surface area contributed by atoms with Crippen molar-refractivity contribution < 1.29 is 26.3 Å². The van der Waals surface area contributed by atoms with E-state index in [1.54, 1.807) is 17.3 Å². The van der Waals surface area contributed by atoms with Crippen LogP contribution < -0.4 is 9.80 Å². The summed E-state index contributed by atoms with van der Waals surface area (Å²) in [4.78, 5) is 18.1. The van der Waals surface area contributed by atoms with Gasteiger partial charge in [0.15, 0.2) is 0 Å². The van der Waals surface area contributed by atoms with Gasteiger partial charge in [0, 0.05) is 49.5 Å². The van der Waals surface area contributed by atoms with E-state index in [9.17, 15) is 26.3 Å². The second kappa shape index (κ2) is 12.1. The van der Waals surface area contributed by atoms with Crippen LogP contribution in [0.2, 0.25) is 0 Å². The van der Waals surface area contributed by atoms with Gasteiger partial charge in [-0.25, -0.2) is 15.0 Å². The number of rotatable bonds is 11. The zero-order valence-electron chi connectivity index (χ0n) is 25.2. The maximum atomic E-state index is 13.7. The first kappa shape index (κ1) is 31.1. The Labute approximate surface area is 258 Å². The predicted octanol–water partition coefficient (Wildman–Crippen LogP) is 8.77. The minimum absolute atomic E-state index is 0.140. The molecule has 45 heavy (non-hydrogen) atoms. The van der Waals surface area contributed by atoms with Crippen LogP contribution in [-0.4, -0.2) is 28.0 Å². The molecule has 0 radical (unpaired) electrons. The fourth-order valence-corrected chi connectivity index (χ4v) is 5.67. The van der Waals surface area contributed by atoms with Crippen LogP contribution in [-0.2, 0) is 31.9 Å². The molecule has 0 bridgehead atoms. The fourth-order valence-electron chi connectivity index (χ4n) is 5.67. The highest BCUT2D eigenvalue weighted by atomic mass is 19.4. The van der Waals surface area contributed by atoms with Gasteiger partial charge in [-0.1, -0.05) is 25.1 Å². The molecule has 0 aliphatic heterocycles. The Morgan fingerprint density at radius 2 is 1.36 bits per heavy atom. The SMILES string of the molecule is CCc1cnc(N(Cc2cc(C(F)(F)F)cc(C(F)(F)F)c2)Cc2cc3cccc(C)c3nc2N(CC2CC2)CC2CC2)nc1. The number of halogens is 6. The van der Waals surface area contributed by atoms with Crippen molar-refractivity contribution in [1.29, 1.82) is 0 Å². The lowest BCUT2D eigenvalue weighted by molar-refractivity contribution is -0.143. The van der Waals surface area contributed by atoms with Crippen LogP contribution in [0, 0.1) is 18.8 Å². The number of anilines is 2. The number of aryl methyl sites for hydroxylation is 2. The molecule has 2 aliphatic rings. The van der Waals surface area contributed by atoms with E-state index in [4.69, 9.17) is 4.98 Å². The van der Waals surface area contributed by atoms with Crippen molar-refractivity contribution >= 4 is 22.7 Å². The first-order chi connectivity index (χ1) is 21.4. The van der Waals surface area contributed by atoms with E-state index in [1.807, 2.05) is 38.1 Å². The molecule has 2 aromatic heterocycles. The van der Waals surface area contributed by atoms with Gasteiger partial charge in [0.1, 0.15) is 5.82 Å². The van der Waals surface area contributed by atoms with Gasteiger partial charge >= 0.3 is 12.4 Å². The number of alkyl halides is 6. The van der Waals surface area contributed by atoms with E-state index in [0.717, 1.165) is 84.3 Å². The molecule has 0 spiro atoms. The minimum Gasteiger partial charge on any atom is -0.356 e. The highest BCUT2D eigenvalue weighted by Crippen LogP contribution is 2.39. The fraction of sp³-hybridized carbons (Fsp3) is 0.441. The smallest absolute Gasteiger partial charge is 0.356 e. The Kier molecular flexibility index (Phi) is 8.39. The Hall–Kier alpha value is -3.89. The van der Waals surface area contributed by atoms with E-state index in [1.165, 1.54) is 0 Å². The van der Waals surface area contributed by atoms with Gasteiger partial charge in [-0.05, 0) is 91.8 Å². The summed E-state index contributed by atoms with van der Waals surface area (Å²) in [6.07, 6.45) is -1.31. The third kappa shape index (κ3) is 7.50. The summed E-state index contributed by atoms with van der Waals surface area (Å²) in [6, 6.07) is 9.66. The third-order valence-corrected chi connectivity index (χ3v) is 8.52. The Bertz CT molecular complexity index is 1610. The van der Waals surface area contributed by atoms with Gasteiger partial charge in [0.25, 0.3) is 0 Å². The van der Waals surface area contributed by atoms with Gasteiger partial charge < -0.3 is 9.80 Å². The van der Waals surface area contributed by atoms with Crippen LogP contribution >= 0.6 is 0 Å². The summed E-state index contributed by atoms with van der Waals surface area (Å²) in [5.74, 6) is 2.17. The lowest BCUT2D eigenvalue weighted by atomic mass is 10.0. The van der Waals surface area contributed by atoms with E-state index in [-0.39, 0.29) is 30.7 Å². The van der Waals surface area contributed by atoms with Crippen LogP contribution in [0.5, 0.6) is 0 Å². The van der Waals surface area contributed by atoms with Crippen molar-refractivity contribution in [2.24, 2.45) is 11.8 Å². The van der Waals surface area contributed by atoms with Crippen LogP contribution in [0.3, 0.4) is 0 Å². The molecule has 2 heterocycles. The molecule has 2 fully saturated rings. The van der Waals surface area contributed by atoms with Crippen molar-refractivity contribution in [3.63, 3.8) is 0 Å². The number of aromatic nitrogens is 3. The summed E-state index contributed by atoms with van der Waals surface area (Å²) in [5, 5.41) is 0.909. The highest BCUT2D eigenvalue weighted by molar-refractivity contribution is 5.84. The normalized spacial score (nSPS) is 15.5. The summed E-state index contributed by atoms with van der Waals surface area (Å²) in [6.45, 7) is 5.54. The molecule has 0 saturated heterocycles. The first-order valence-corrected chi connectivity index (χ1v) is 15.4. The number of hydrogen-bond donors (Lipinski definition) is 0. The van der Waals surface area contributed by atoms with E-state index >= 15 is 0 Å². The summed E-state index contributed by atoms with van der Waals surface area (Å²) in [5.41, 5.74) is 0.740. The molecule has 0 amide bonds. The minimum atomic E-state index is -4.94. The molecule has 4 aromatic rings. The lowest BCUT2D eigenvalue weighted by Crippen LogP contribution is -2.32. The summed E-state index contributed by atoms with van der Waals surface area (Å²) < 4.78 is 82.5. The van der Waals surface area contributed by atoms with Crippen molar-refractivity contribution in [2.75, 3.05) is 22.9 Å². The number of fused-ring (bicyclic) bond motifs is 1. The molecule has 2 aromatic carbocycles. The summed E-state index contributed by atoms with van der Waals surface area (Å²) >= 11 is 0. The number of pyridine rings is 1. The zero-order valence-corrected chi connectivity index (χ0v) is 25.2. The molecule has 0 N–H and O–H groups in total. The Balaban J connectivity index is 1.45. The number of hydrogen-bond acceptors (Lipinski definition) is 5. The van der Waals surface area contributed by atoms with Crippen molar-refractivity contribution in [3.05, 3.63) is 88.2 Å². The van der Waals surface area contributed by atoms with Crippen molar-refractivity contribution in [1.82, 2.24) is 15.0 Å². The van der Waals surface area contributed by atoms with Crippen LogP contribution in [0.1, 0.15) is 66.0 Å². The van der Waals surface area contributed by atoms with E-state index in [2.05, 4.69) is 14.9 Å². The maximum Gasteiger partial charge on any atom is 0.416 e. The molecular formula is C34H35F6N5. The molecule has 0 unspecified atom stereocenters. The monoisotopic (exact) mass is 627 g/mol. The van der Waals surface area contributed by atoms with Gasteiger partial charge in [0.2, 0.25) is 5.95 Å². The molecule has 11 heteroatoms. The number of nitrogens with zero attached hydrogens (tertiary/aromatic N) is 5. The first-order valence-electron chi connectivity index (χ1n) is 15.4. The molecule has 2 saturated carbocycles. The highest BCUT2D eigenvalue weighted by Gasteiger charge is 2.37. The summed E-state index contributed by atoms with van der Waals surface area (Å²) in [7, 11) is 0. The average Bonchev–Trinajstić information content (AvgIpc) is 3.93. The maximum absolute atomic E-state index is 13.7. The molecule has 6 rings (SSSR count). The van der Waals surface area contributed by atoms with Gasteiger partial charge in [-0.2, -0.15) is 26.3 Å². The number of benzene rings is 2. The molecule has 0 atom stereocenters. The quantitative estimate of drug-likeness (QED) is 0.156. The lowest BCUT2D eigenvalue weighted by Gasteiger charge is -2.30. The van der Waals surface area contributed by atoms with Gasteiger partial charge in [-0.3, -0.25) is 0 Å². The van der Waals surface area contributed by atoms with Gasteiger partial charge in [-0.15, -0.1) is 0 Å². The van der Waals surface area contributed by atoms with Gasteiger partial charge in [0.05, 0.1) is 16.6 Å². The molecule has 238 valence electrons. The Morgan fingerprint density at radius 3 is 1.89 bits per heavy atom. The molecule has 2 aliphatic carbocycles. The molecular weight excluding hydrogens is 592 g/mol. The largest absolute Gasteiger partial charge is 0.416 e. The number of para-hydroxylation sites is 1. The van der Waals surface area contributed by atoms with E-state index in [0.29, 0.717) is 18.3 Å². The van der Waals surface area contributed by atoms with Crippen molar-refractivity contribution in [3.8, 4) is 0 Å². The second-order valence-electron chi connectivity index (χ2n) is 12.4. The van der Waals surface area contributed by atoms with Crippen LogP contribution in [0.4, 0.5) is 38.1 Å². The average molecular weight is 628 g/mol. The van der Waals surface area contributed by atoms with Crippen LogP contribution in [0.15, 0.2) is 54.9 Å². The second-order valence-corrected chi connectivity index (χ2v) is 12.4. The third-order valence-electron chi connectivity index (χ3n) is 8.52. The zero-order chi connectivity index (χ0) is 31.9.